The van der Waals surface area contributed by atoms with Gasteiger partial charge in [0.2, 0.25) is 0 Å². The number of hydrogen-bond donors (Lipinski definition) is 0. The van der Waals surface area contributed by atoms with Crippen molar-refractivity contribution in [2.45, 2.75) is 25.1 Å². The highest BCUT2D eigenvalue weighted by Crippen LogP contribution is 2.27. The fourth-order valence-corrected chi connectivity index (χ4v) is 3.29. The minimum absolute atomic E-state index is 0.0771. The molecule has 28 heavy (non-hydrogen) atoms. The lowest BCUT2D eigenvalue weighted by molar-refractivity contribution is -0.174. The quantitative estimate of drug-likeness (QED) is 0.662. The third kappa shape index (κ3) is 5.93. The predicted octanol–water partition coefficient (Wildman–Crippen LogP) is 2.62. The van der Waals surface area contributed by atoms with Gasteiger partial charge in [-0.25, -0.2) is 0 Å². The van der Waals surface area contributed by atoms with Crippen LogP contribution in [0, 0.1) is 0 Å². The van der Waals surface area contributed by atoms with Crippen molar-refractivity contribution in [1.29, 1.82) is 0 Å². The average Bonchev–Trinajstić information content (AvgIpc) is 3.18. The predicted molar refractivity (Wildman–Crippen MR) is 96.8 cm³/mol. The number of ether oxygens (including phenoxy) is 1. The van der Waals surface area contributed by atoms with E-state index in [0.29, 0.717) is 51.3 Å². The van der Waals surface area contributed by atoms with Crippen molar-refractivity contribution < 1.29 is 27.5 Å². The third-order valence-corrected chi connectivity index (χ3v) is 4.78. The summed E-state index contributed by atoms with van der Waals surface area (Å²) in [5.41, 5.74) is 1.43. The maximum atomic E-state index is 12.6. The number of amides is 1. The Bertz CT molecular complexity index is 674. The van der Waals surface area contributed by atoms with Gasteiger partial charge >= 0.3 is 6.18 Å². The lowest BCUT2D eigenvalue weighted by atomic mass is 10.0. The van der Waals surface area contributed by atoms with E-state index in [-0.39, 0.29) is 18.6 Å². The second-order valence-electron chi connectivity index (χ2n) is 6.90. The average molecular weight is 399 g/mol. The zero-order valence-corrected chi connectivity index (χ0v) is 15.5. The summed E-state index contributed by atoms with van der Waals surface area (Å²) in [5.74, 6) is -0.105. The van der Waals surface area contributed by atoms with Gasteiger partial charge in [0.1, 0.15) is 12.3 Å². The van der Waals surface area contributed by atoms with Crippen LogP contribution in [0.2, 0.25) is 0 Å². The Morgan fingerprint density at radius 1 is 1.18 bits per heavy atom. The van der Waals surface area contributed by atoms with Crippen LogP contribution in [0.15, 0.2) is 35.5 Å². The number of piperazine rings is 1. The molecule has 6 nitrogen and oxygen atoms in total. The van der Waals surface area contributed by atoms with Crippen LogP contribution in [0.4, 0.5) is 13.2 Å². The summed E-state index contributed by atoms with van der Waals surface area (Å²) < 4.78 is 40.7. The molecule has 0 radical (unpaired) electrons. The summed E-state index contributed by atoms with van der Waals surface area (Å²) in [6.07, 6.45) is -3.51. The van der Waals surface area contributed by atoms with Crippen LogP contribution in [0.1, 0.15) is 24.5 Å². The van der Waals surface area contributed by atoms with Crippen molar-refractivity contribution >= 4 is 11.6 Å². The van der Waals surface area contributed by atoms with Gasteiger partial charge in [0, 0.05) is 45.8 Å². The van der Waals surface area contributed by atoms with Crippen LogP contribution in [0.5, 0.6) is 0 Å². The van der Waals surface area contributed by atoms with Crippen molar-refractivity contribution in [3.8, 4) is 0 Å². The van der Waals surface area contributed by atoms with Gasteiger partial charge in [0.25, 0.3) is 5.91 Å². The summed E-state index contributed by atoms with van der Waals surface area (Å²) in [7, 11) is 0. The largest absolute Gasteiger partial charge is 0.411 e. The van der Waals surface area contributed by atoms with Crippen LogP contribution >= 0.6 is 0 Å². The van der Waals surface area contributed by atoms with E-state index < -0.39 is 12.8 Å². The molecule has 1 aromatic rings. The molecular formula is C19H24F3N3O3. The molecule has 1 unspecified atom stereocenters. The Morgan fingerprint density at radius 2 is 1.89 bits per heavy atom. The van der Waals surface area contributed by atoms with Crippen LogP contribution in [-0.2, 0) is 14.4 Å². The van der Waals surface area contributed by atoms with E-state index in [1.54, 1.807) is 4.90 Å². The first-order valence-electron chi connectivity index (χ1n) is 9.36. The first-order chi connectivity index (χ1) is 13.4. The van der Waals surface area contributed by atoms with Crippen molar-refractivity contribution in [1.82, 2.24) is 9.80 Å². The highest BCUT2D eigenvalue weighted by molar-refractivity contribution is 6.39. The van der Waals surface area contributed by atoms with E-state index in [0.717, 1.165) is 5.56 Å². The van der Waals surface area contributed by atoms with Crippen molar-refractivity contribution in [3.05, 3.63) is 35.9 Å². The highest BCUT2D eigenvalue weighted by atomic mass is 19.4. The first-order valence-corrected chi connectivity index (χ1v) is 9.36. The SMILES string of the molecule is O=C(C1=NOC(c2ccccc2)C1)N1CCN(CCCOCC(F)(F)F)CC1. The van der Waals surface area contributed by atoms with Gasteiger partial charge in [0.15, 0.2) is 6.10 Å². The zero-order chi connectivity index (χ0) is 20.0. The van der Waals surface area contributed by atoms with Crippen LogP contribution in [0.3, 0.4) is 0 Å². The van der Waals surface area contributed by atoms with E-state index in [1.807, 2.05) is 30.3 Å². The first kappa shape index (κ1) is 20.6. The minimum atomic E-state index is -4.28. The van der Waals surface area contributed by atoms with Gasteiger partial charge in [-0.05, 0) is 12.0 Å². The van der Waals surface area contributed by atoms with Gasteiger partial charge in [-0.3, -0.25) is 9.69 Å². The van der Waals surface area contributed by atoms with E-state index in [4.69, 9.17) is 4.84 Å². The number of benzene rings is 1. The summed E-state index contributed by atoms with van der Waals surface area (Å²) >= 11 is 0. The molecule has 0 aromatic heterocycles. The van der Waals surface area contributed by atoms with Gasteiger partial charge in [0.05, 0.1) is 0 Å². The number of carbonyl (C=O) groups is 1. The summed E-state index contributed by atoms with van der Waals surface area (Å²) in [6.45, 7) is 2.02. The lowest BCUT2D eigenvalue weighted by Crippen LogP contribution is -2.50. The Labute approximate surface area is 161 Å². The smallest absolute Gasteiger partial charge is 0.387 e. The van der Waals surface area contributed by atoms with Crippen molar-refractivity contribution in [3.63, 3.8) is 0 Å². The maximum absolute atomic E-state index is 12.6. The van der Waals surface area contributed by atoms with E-state index in [2.05, 4.69) is 14.8 Å². The number of hydrogen-bond acceptors (Lipinski definition) is 5. The Morgan fingerprint density at radius 3 is 2.57 bits per heavy atom. The standard InChI is InChI=1S/C19H24F3N3O3/c20-19(21,22)14-27-12-4-7-24-8-10-25(11-9-24)18(26)16-13-17(28-23-16)15-5-2-1-3-6-15/h1-3,5-6,17H,4,7-14H2. The van der Waals surface area contributed by atoms with Crippen LogP contribution in [-0.4, -0.2) is 73.5 Å². The molecule has 0 N–H and O–H groups in total. The van der Waals surface area contributed by atoms with Crippen molar-refractivity contribution in [2.24, 2.45) is 5.16 Å². The molecule has 0 saturated carbocycles. The number of oxime groups is 1. The molecular weight excluding hydrogens is 375 g/mol. The van der Waals surface area contributed by atoms with Gasteiger partial charge in [-0.15, -0.1) is 0 Å². The molecule has 2 aliphatic heterocycles. The van der Waals surface area contributed by atoms with Gasteiger partial charge < -0.3 is 14.5 Å². The monoisotopic (exact) mass is 399 g/mol. The Hall–Kier alpha value is -2.13. The number of carbonyl (C=O) groups excluding carboxylic acids is 1. The fourth-order valence-electron chi connectivity index (χ4n) is 3.29. The third-order valence-electron chi connectivity index (χ3n) is 4.78. The Balaban J connectivity index is 1.35. The second-order valence-corrected chi connectivity index (χ2v) is 6.90. The van der Waals surface area contributed by atoms with E-state index >= 15 is 0 Å². The number of nitrogens with zero attached hydrogens (tertiary/aromatic N) is 3. The molecule has 1 aromatic carbocycles. The summed E-state index contributed by atoms with van der Waals surface area (Å²) in [5, 5.41) is 3.98. The maximum Gasteiger partial charge on any atom is 0.411 e. The second kappa shape index (κ2) is 9.38. The summed E-state index contributed by atoms with van der Waals surface area (Å²) in [6, 6.07) is 9.67. The minimum Gasteiger partial charge on any atom is -0.387 e. The van der Waals surface area contributed by atoms with Crippen LogP contribution in [0.25, 0.3) is 0 Å². The molecule has 0 bridgehead atoms. The van der Waals surface area contributed by atoms with Crippen LogP contribution < -0.4 is 0 Å². The lowest BCUT2D eigenvalue weighted by Gasteiger charge is -2.34. The molecule has 2 aliphatic rings. The molecule has 9 heteroatoms. The summed E-state index contributed by atoms with van der Waals surface area (Å²) in [4.78, 5) is 21.9. The molecule has 1 amide bonds. The zero-order valence-electron chi connectivity index (χ0n) is 15.5. The number of rotatable bonds is 7. The molecule has 2 heterocycles. The molecule has 1 fully saturated rings. The molecule has 0 aliphatic carbocycles. The van der Waals surface area contributed by atoms with Crippen molar-refractivity contribution in [2.75, 3.05) is 45.9 Å². The topological polar surface area (TPSA) is 54.4 Å². The fraction of sp³-hybridized carbons (Fsp3) is 0.579. The molecule has 1 saturated heterocycles. The number of halogens is 3. The van der Waals surface area contributed by atoms with E-state index in [1.165, 1.54) is 0 Å². The van der Waals surface area contributed by atoms with E-state index in [9.17, 15) is 18.0 Å². The highest BCUT2D eigenvalue weighted by Gasteiger charge is 2.31. The molecule has 3 rings (SSSR count). The molecule has 1 atom stereocenters. The molecule has 154 valence electrons. The van der Waals surface area contributed by atoms with Gasteiger partial charge in [-0.1, -0.05) is 35.5 Å². The Kier molecular flexibility index (Phi) is 6.90. The number of alkyl halides is 3. The molecule has 0 spiro atoms. The van der Waals surface area contributed by atoms with Gasteiger partial charge in [-0.2, -0.15) is 13.2 Å². The normalized spacial score (nSPS) is 20.8.